The number of nitrogens with one attached hydrogen (secondary N) is 1. The van der Waals surface area contributed by atoms with Crippen LogP contribution in [0.15, 0.2) is 24.3 Å². The molecule has 1 aliphatic rings. The number of aromatic nitrogens is 1. The van der Waals surface area contributed by atoms with E-state index in [0.717, 1.165) is 23.8 Å². The van der Waals surface area contributed by atoms with Gasteiger partial charge in [0.15, 0.2) is 0 Å². The Kier molecular flexibility index (Phi) is 2.85. The molecule has 0 atom stereocenters. The van der Waals surface area contributed by atoms with Crippen molar-refractivity contribution in [3.05, 3.63) is 34.7 Å². The first-order valence-electron chi connectivity index (χ1n) is 6.19. The summed E-state index contributed by atoms with van der Waals surface area (Å²) < 4.78 is 0. The molecule has 0 amide bonds. The summed E-state index contributed by atoms with van der Waals surface area (Å²) in [4.78, 5) is 6.09. The fourth-order valence-corrected chi connectivity index (χ4v) is 3.21. The van der Waals surface area contributed by atoms with Crippen LogP contribution in [-0.4, -0.2) is 11.5 Å². The highest BCUT2D eigenvalue weighted by molar-refractivity contribution is 7.15. The van der Waals surface area contributed by atoms with E-state index in [4.69, 9.17) is 0 Å². The molecule has 0 bridgehead atoms. The molecule has 17 heavy (non-hydrogen) atoms. The van der Waals surface area contributed by atoms with Crippen LogP contribution < -0.4 is 5.32 Å². The van der Waals surface area contributed by atoms with E-state index < -0.39 is 0 Å². The second kappa shape index (κ2) is 4.49. The van der Waals surface area contributed by atoms with Crippen molar-refractivity contribution < 1.29 is 0 Å². The summed E-state index contributed by atoms with van der Waals surface area (Å²) in [6.45, 7) is 3.24. The van der Waals surface area contributed by atoms with Crippen molar-refractivity contribution in [3.8, 4) is 10.6 Å². The van der Waals surface area contributed by atoms with E-state index in [1.807, 2.05) is 11.3 Å². The van der Waals surface area contributed by atoms with E-state index in [-0.39, 0.29) is 0 Å². The van der Waals surface area contributed by atoms with Gasteiger partial charge in [-0.2, -0.15) is 0 Å². The Balaban J connectivity index is 1.94. The van der Waals surface area contributed by atoms with Gasteiger partial charge in [0.25, 0.3) is 0 Å². The van der Waals surface area contributed by atoms with Crippen LogP contribution in [0.2, 0.25) is 0 Å². The van der Waals surface area contributed by atoms with Crippen molar-refractivity contribution in [3.63, 3.8) is 0 Å². The molecule has 2 aromatic rings. The minimum absolute atomic E-state index is 1.06. The van der Waals surface area contributed by atoms with Gasteiger partial charge >= 0.3 is 0 Å². The maximum atomic E-state index is 4.68. The van der Waals surface area contributed by atoms with Crippen LogP contribution in [0.5, 0.6) is 0 Å². The molecule has 0 aliphatic carbocycles. The summed E-state index contributed by atoms with van der Waals surface area (Å²) >= 11 is 1.83. The average Bonchev–Trinajstić information content (AvgIpc) is 2.82. The predicted molar refractivity (Wildman–Crippen MR) is 73.7 cm³/mol. The summed E-state index contributed by atoms with van der Waals surface area (Å²) in [5.41, 5.74) is 2.62. The summed E-state index contributed by atoms with van der Waals surface area (Å²) in [7, 11) is 0. The van der Waals surface area contributed by atoms with Gasteiger partial charge in [-0.05, 0) is 24.8 Å². The largest absolute Gasteiger partial charge is 0.369 e. The van der Waals surface area contributed by atoms with Crippen molar-refractivity contribution >= 4 is 17.2 Å². The molecule has 1 aliphatic heterocycles. The van der Waals surface area contributed by atoms with Gasteiger partial charge in [-0.25, -0.2) is 4.98 Å². The Labute approximate surface area is 106 Å². The maximum Gasteiger partial charge on any atom is 0.140 e. The lowest BCUT2D eigenvalue weighted by Gasteiger charge is -2.10. The second-order valence-corrected chi connectivity index (χ2v) is 5.46. The topological polar surface area (TPSA) is 24.9 Å². The van der Waals surface area contributed by atoms with Gasteiger partial charge in [0.2, 0.25) is 0 Å². The second-order valence-electron chi connectivity index (χ2n) is 4.37. The fraction of sp³-hybridized carbons (Fsp3) is 0.357. The molecule has 1 aromatic carbocycles. The zero-order valence-electron chi connectivity index (χ0n) is 9.99. The number of fused-ring (bicyclic) bond motifs is 1. The molecule has 0 saturated heterocycles. The quantitative estimate of drug-likeness (QED) is 0.870. The van der Waals surface area contributed by atoms with Gasteiger partial charge in [0.1, 0.15) is 10.8 Å². The number of hydrogen-bond donors (Lipinski definition) is 1. The van der Waals surface area contributed by atoms with E-state index in [1.54, 1.807) is 0 Å². The SMILES string of the molecule is CCc1ccc(-c2nc3c(s2)CCCN3)cc1. The maximum absolute atomic E-state index is 4.68. The highest BCUT2D eigenvalue weighted by Crippen LogP contribution is 2.33. The number of aryl methyl sites for hydroxylation is 2. The predicted octanol–water partition coefficient (Wildman–Crippen LogP) is 3.73. The smallest absolute Gasteiger partial charge is 0.140 e. The van der Waals surface area contributed by atoms with E-state index >= 15 is 0 Å². The van der Waals surface area contributed by atoms with Gasteiger partial charge < -0.3 is 5.32 Å². The standard InChI is InChI=1S/C14H16N2S/c1-2-10-5-7-11(8-6-10)14-16-13-12(17-14)4-3-9-15-13/h5-8,15H,2-4,9H2,1H3. The third-order valence-corrected chi connectivity index (χ3v) is 4.34. The van der Waals surface area contributed by atoms with E-state index in [2.05, 4.69) is 41.5 Å². The third kappa shape index (κ3) is 2.07. The first kappa shape index (κ1) is 10.8. The zero-order chi connectivity index (χ0) is 11.7. The molecule has 1 N–H and O–H groups in total. The molecule has 1 aromatic heterocycles. The number of nitrogens with zero attached hydrogens (tertiary/aromatic N) is 1. The molecular formula is C14H16N2S. The lowest BCUT2D eigenvalue weighted by Crippen LogP contribution is -2.09. The Morgan fingerprint density at radius 1 is 1.29 bits per heavy atom. The third-order valence-electron chi connectivity index (χ3n) is 3.18. The summed E-state index contributed by atoms with van der Waals surface area (Å²) in [6, 6.07) is 8.76. The van der Waals surface area contributed by atoms with Gasteiger partial charge in [-0.1, -0.05) is 31.2 Å². The number of rotatable bonds is 2. The highest BCUT2D eigenvalue weighted by Gasteiger charge is 2.15. The summed E-state index contributed by atoms with van der Waals surface area (Å²) in [5, 5.41) is 4.52. The Hall–Kier alpha value is -1.35. The fourth-order valence-electron chi connectivity index (χ4n) is 2.12. The van der Waals surface area contributed by atoms with Gasteiger partial charge in [0.05, 0.1) is 0 Å². The van der Waals surface area contributed by atoms with Gasteiger partial charge in [-0.15, -0.1) is 11.3 Å². The van der Waals surface area contributed by atoms with E-state index in [9.17, 15) is 0 Å². The van der Waals surface area contributed by atoms with Gasteiger partial charge in [-0.3, -0.25) is 0 Å². The molecule has 0 unspecified atom stereocenters. The molecule has 3 rings (SSSR count). The minimum atomic E-state index is 1.06. The van der Waals surface area contributed by atoms with Crippen LogP contribution in [0.3, 0.4) is 0 Å². The average molecular weight is 244 g/mol. The number of benzene rings is 1. The first-order valence-corrected chi connectivity index (χ1v) is 7.01. The van der Waals surface area contributed by atoms with Crippen LogP contribution in [0.1, 0.15) is 23.8 Å². The Morgan fingerprint density at radius 3 is 2.82 bits per heavy atom. The monoisotopic (exact) mass is 244 g/mol. The molecule has 88 valence electrons. The van der Waals surface area contributed by atoms with Crippen LogP contribution in [0.25, 0.3) is 10.6 Å². The number of anilines is 1. The van der Waals surface area contributed by atoms with Crippen LogP contribution >= 0.6 is 11.3 Å². The van der Waals surface area contributed by atoms with E-state index in [1.165, 1.54) is 28.8 Å². The summed E-state index contributed by atoms with van der Waals surface area (Å²) in [5.74, 6) is 1.11. The van der Waals surface area contributed by atoms with Crippen LogP contribution in [0, 0.1) is 0 Å². The van der Waals surface area contributed by atoms with Crippen molar-refractivity contribution in [1.82, 2.24) is 4.98 Å². The Morgan fingerprint density at radius 2 is 2.12 bits per heavy atom. The Bertz CT molecular complexity index is 490. The van der Waals surface area contributed by atoms with Crippen molar-refractivity contribution in [2.75, 3.05) is 11.9 Å². The molecular weight excluding hydrogens is 228 g/mol. The minimum Gasteiger partial charge on any atom is -0.369 e. The number of hydrogen-bond acceptors (Lipinski definition) is 3. The highest BCUT2D eigenvalue weighted by atomic mass is 32.1. The van der Waals surface area contributed by atoms with Gasteiger partial charge in [0, 0.05) is 17.0 Å². The zero-order valence-corrected chi connectivity index (χ0v) is 10.8. The molecule has 2 nitrogen and oxygen atoms in total. The first-order chi connectivity index (χ1) is 8.36. The van der Waals surface area contributed by atoms with E-state index in [0.29, 0.717) is 0 Å². The normalized spacial score (nSPS) is 14.2. The molecule has 2 heterocycles. The lowest BCUT2D eigenvalue weighted by atomic mass is 10.1. The van der Waals surface area contributed by atoms with Crippen LogP contribution in [0.4, 0.5) is 5.82 Å². The summed E-state index contributed by atoms with van der Waals surface area (Å²) in [6.07, 6.45) is 3.49. The van der Waals surface area contributed by atoms with Crippen molar-refractivity contribution in [1.29, 1.82) is 0 Å². The van der Waals surface area contributed by atoms with Crippen molar-refractivity contribution in [2.24, 2.45) is 0 Å². The van der Waals surface area contributed by atoms with Crippen LogP contribution in [-0.2, 0) is 12.8 Å². The molecule has 0 saturated carbocycles. The molecule has 0 radical (unpaired) electrons. The molecule has 0 fully saturated rings. The van der Waals surface area contributed by atoms with Crippen molar-refractivity contribution in [2.45, 2.75) is 26.2 Å². The molecule has 0 spiro atoms. The number of thiazole rings is 1. The lowest BCUT2D eigenvalue weighted by molar-refractivity contribution is 0.837. The molecule has 3 heteroatoms.